The number of carbonyl (C=O) groups excluding carboxylic acids is 1. The van der Waals surface area contributed by atoms with E-state index in [4.69, 9.17) is 4.43 Å². The third-order valence-electron chi connectivity index (χ3n) is 6.94. The fourth-order valence-electron chi connectivity index (χ4n) is 4.46. The fraction of sp³-hybridized carbons (Fsp3) is 0.850. The Balaban J connectivity index is 2.18. The summed E-state index contributed by atoms with van der Waals surface area (Å²) in [6.07, 6.45) is 9.40. The molecule has 0 radical (unpaired) electrons. The van der Waals surface area contributed by atoms with Crippen LogP contribution in [0.3, 0.4) is 0 Å². The first-order valence-corrected chi connectivity index (χ1v) is 12.3. The Morgan fingerprint density at radius 2 is 2.09 bits per heavy atom. The molecular weight excluding hydrogens is 300 g/mol. The minimum atomic E-state index is -1.73. The van der Waals surface area contributed by atoms with Gasteiger partial charge in [-0.2, -0.15) is 0 Å². The Labute approximate surface area is 144 Å². The van der Waals surface area contributed by atoms with Crippen LogP contribution >= 0.6 is 0 Å². The predicted molar refractivity (Wildman–Crippen MR) is 100 cm³/mol. The molecule has 0 aromatic carbocycles. The summed E-state index contributed by atoms with van der Waals surface area (Å²) < 4.78 is 6.85. The number of rotatable bonds is 5. The van der Waals surface area contributed by atoms with Crippen LogP contribution in [-0.2, 0) is 9.22 Å². The summed E-state index contributed by atoms with van der Waals surface area (Å²) in [5.74, 6) is 0.989. The van der Waals surface area contributed by atoms with Crippen molar-refractivity contribution >= 4 is 14.6 Å². The van der Waals surface area contributed by atoms with Crippen LogP contribution in [0.5, 0.6) is 0 Å². The summed E-state index contributed by atoms with van der Waals surface area (Å²) in [5.41, 5.74) is 1.77. The van der Waals surface area contributed by atoms with Gasteiger partial charge in [-0.05, 0) is 54.6 Å². The van der Waals surface area contributed by atoms with E-state index >= 15 is 0 Å². The van der Waals surface area contributed by atoms with Crippen molar-refractivity contribution in [2.75, 3.05) is 0 Å². The van der Waals surface area contributed by atoms with Gasteiger partial charge < -0.3 is 9.22 Å². The molecule has 0 aromatic rings. The van der Waals surface area contributed by atoms with Crippen molar-refractivity contribution in [1.29, 1.82) is 0 Å². The van der Waals surface area contributed by atoms with Crippen molar-refractivity contribution in [2.24, 2.45) is 17.3 Å². The molecule has 2 aliphatic rings. The van der Waals surface area contributed by atoms with Gasteiger partial charge in [-0.25, -0.2) is 0 Å². The summed E-state index contributed by atoms with van der Waals surface area (Å²) >= 11 is 0. The van der Waals surface area contributed by atoms with Crippen LogP contribution < -0.4 is 0 Å². The molecule has 4 atom stereocenters. The monoisotopic (exact) mass is 336 g/mol. The van der Waals surface area contributed by atoms with Gasteiger partial charge in [-0.3, -0.25) is 0 Å². The highest BCUT2D eigenvalue weighted by molar-refractivity contribution is 6.74. The number of hydrogen-bond acceptors (Lipinski definition) is 2. The van der Waals surface area contributed by atoms with Gasteiger partial charge in [0.1, 0.15) is 6.29 Å². The quantitative estimate of drug-likeness (QED) is 0.363. The molecule has 0 aromatic heterocycles. The molecule has 2 rings (SSSR count). The first kappa shape index (κ1) is 18.9. The molecule has 0 spiro atoms. The molecule has 0 bridgehead atoms. The van der Waals surface area contributed by atoms with Crippen molar-refractivity contribution in [3.05, 3.63) is 11.6 Å². The van der Waals surface area contributed by atoms with E-state index in [0.717, 1.165) is 12.7 Å². The van der Waals surface area contributed by atoms with E-state index in [1.807, 2.05) is 0 Å². The number of fused-ring (bicyclic) bond motifs is 1. The third kappa shape index (κ3) is 3.51. The van der Waals surface area contributed by atoms with E-state index in [1.54, 1.807) is 0 Å². The van der Waals surface area contributed by atoms with Crippen LogP contribution in [0.2, 0.25) is 18.1 Å². The smallest absolute Gasteiger partial charge is 0.192 e. The molecule has 0 saturated heterocycles. The van der Waals surface area contributed by atoms with Crippen molar-refractivity contribution in [3.8, 4) is 0 Å². The van der Waals surface area contributed by atoms with Gasteiger partial charge in [0.25, 0.3) is 0 Å². The Kier molecular flexibility index (Phi) is 5.33. The molecule has 132 valence electrons. The topological polar surface area (TPSA) is 26.3 Å². The summed E-state index contributed by atoms with van der Waals surface area (Å²) in [5, 5.41) is 0.264. The van der Waals surface area contributed by atoms with E-state index < -0.39 is 8.32 Å². The first-order valence-electron chi connectivity index (χ1n) is 9.35. The Morgan fingerprint density at radius 3 is 2.65 bits per heavy atom. The van der Waals surface area contributed by atoms with E-state index in [-0.39, 0.29) is 10.5 Å². The third-order valence-corrected chi connectivity index (χ3v) is 11.4. The maximum absolute atomic E-state index is 11.0. The predicted octanol–water partition coefficient (Wildman–Crippen LogP) is 5.74. The van der Waals surface area contributed by atoms with E-state index in [2.05, 4.69) is 53.8 Å². The van der Waals surface area contributed by atoms with E-state index in [9.17, 15) is 4.79 Å². The van der Waals surface area contributed by atoms with Gasteiger partial charge in [0.05, 0.1) is 0 Å². The molecule has 0 N–H and O–H groups in total. The van der Waals surface area contributed by atoms with Gasteiger partial charge in [0.2, 0.25) is 0 Å². The van der Waals surface area contributed by atoms with Crippen molar-refractivity contribution in [1.82, 2.24) is 0 Å². The fourth-order valence-corrected chi connectivity index (χ4v) is 5.85. The van der Waals surface area contributed by atoms with E-state index in [0.29, 0.717) is 24.4 Å². The van der Waals surface area contributed by atoms with Crippen LogP contribution in [0.25, 0.3) is 0 Å². The Bertz CT molecular complexity index is 475. The summed E-state index contributed by atoms with van der Waals surface area (Å²) in [4.78, 5) is 11.0. The van der Waals surface area contributed by atoms with Crippen molar-refractivity contribution < 1.29 is 9.22 Å². The van der Waals surface area contributed by atoms with Gasteiger partial charge in [0.15, 0.2) is 8.32 Å². The molecule has 23 heavy (non-hydrogen) atoms. The lowest BCUT2D eigenvalue weighted by atomic mass is 9.63. The molecule has 0 heterocycles. The Morgan fingerprint density at radius 1 is 1.43 bits per heavy atom. The van der Waals surface area contributed by atoms with Crippen LogP contribution in [0.1, 0.15) is 66.7 Å². The van der Waals surface area contributed by atoms with E-state index in [1.165, 1.54) is 24.8 Å². The number of hydrogen-bond donors (Lipinski definition) is 0. The van der Waals surface area contributed by atoms with Gasteiger partial charge in [-0.15, -0.1) is 0 Å². The second kappa shape index (κ2) is 6.48. The number of allylic oxidation sites excluding steroid dienone is 2. The van der Waals surface area contributed by atoms with Crippen molar-refractivity contribution in [3.63, 3.8) is 0 Å². The minimum Gasteiger partial charge on any atom is -0.414 e. The standard InChI is InChI=1S/C20H36O2Si/c1-15(12-14-21)16-10-11-17-18(9-8-13-20(16,17)5)22-23(6,7)19(2,3)4/h10,14-15,17-18H,8-9,11-13H2,1-7H3. The average molecular weight is 337 g/mol. The maximum Gasteiger partial charge on any atom is 0.192 e. The van der Waals surface area contributed by atoms with Gasteiger partial charge in [-0.1, -0.05) is 52.7 Å². The maximum atomic E-state index is 11.0. The van der Waals surface area contributed by atoms with Gasteiger partial charge >= 0.3 is 0 Å². The molecule has 2 nitrogen and oxygen atoms in total. The molecule has 0 amide bonds. The second-order valence-electron chi connectivity index (χ2n) is 9.53. The molecule has 1 saturated carbocycles. The van der Waals surface area contributed by atoms with Gasteiger partial charge in [0, 0.05) is 12.5 Å². The molecule has 2 aliphatic carbocycles. The molecule has 4 unspecified atom stereocenters. The molecule has 1 fully saturated rings. The highest BCUT2D eigenvalue weighted by Gasteiger charge is 2.51. The second-order valence-corrected chi connectivity index (χ2v) is 14.3. The number of aldehydes is 1. The lowest BCUT2D eigenvalue weighted by Gasteiger charge is -2.49. The summed E-state index contributed by atoms with van der Waals surface area (Å²) in [7, 11) is -1.73. The van der Waals surface area contributed by atoms with Crippen LogP contribution in [0.4, 0.5) is 0 Å². The largest absolute Gasteiger partial charge is 0.414 e. The molecular formula is C20H36O2Si. The molecule has 0 aliphatic heterocycles. The SMILES string of the molecule is CC(CC=O)C1=CCC2C(O[Si](C)(C)C(C)(C)C)CCCC12C. The zero-order chi connectivity index (χ0) is 17.5. The Hall–Kier alpha value is -0.413. The lowest BCUT2D eigenvalue weighted by molar-refractivity contribution is -0.108. The van der Waals surface area contributed by atoms with Crippen LogP contribution in [0, 0.1) is 17.3 Å². The summed E-state index contributed by atoms with van der Waals surface area (Å²) in [6.45, 7) is 16.4. The highest BCUT2D eigenvalue weighted by Crippen LogP contribution is 2.56. The first-order chi connectivity index (χ1) is 10.5. The lowest BCUT2D eigenvalue weighted by Crippen LogP contribution is -2.49. The normalized spacial score (nSPS) is 33.1. The molecule has 3 heteroatoms. The van der Waals surface area contributed by atoms with Crippen LogP contribution in [-0.4, -0.2) is 20.7 Å². The van der Waals surface area contributed by atoms with Crippen LogP contribution in [0.15, 0.2) is 11.6 Å². The minimum absolute atomic E-state index is 0.244. The zero-order valence-corrected chi connectivity index (χ0v) is 17.2. The number of carbonyl (C=O) groups is 1. The average Bonchev–Trinajstić information content (AvgIpc) is 2.75. The zero-order valence-electron chi connectivity index (χ0n) is 16.2. The summed E-state index contributed by atoms with van der Waals surface area (Å²) in [6, 6.07) is 0. The van der Waals surface area contributed by atoms with Crippen molar-refractivity contribution in [2.45, 2.75) is 91.0 Å². The highest BCUT2D eigenvalue weighted by atomic mass is 28.4.